The Bertz CT molecular complexity index is 910. The fourth-order valence-corrected chi connectivity index (χ4v) is 4.31. The van der Waals surface area contributed by atoms with Crippen LogP contribution in [0, 0.1) is 0 Å². The van der Waals surface area contributed by atoms with Gasteiger partial charge in [-0.3, -0.25) is 9.58 Å². The number of anilines is 2. The zero-order valence-electron chi connectivity index (χ0n) is 16.2. The van der Waals surface area contributed by atoms with Crippen LogP contribution in [0.25, 0.3) is 10.9 Å². The standard InChI is InChI=1S/C21H27N7/c1-2-8-27(7-1)21-19-16-18(4-5-20(19)22-17-23-21)26-13-10-25(11-14-26)12-15-28-9-3-6-24-28/h3-6,9,16-17H,1-2,7-8,10-15H2. The molecule has 0 aliphatic carbocycles. The number of benzene rings is 1. The van der Waals surface area contributed by atoms with E-state index in [0.29, 0.717) is 0 Å². The van der Waals surface area contributed by atoms with Crippen molar-refractivity contribution >= 4 is 22.4 Å². The molecule has 5 rings (SSSR count). The summed E-state index contributed by atoms with van der Waals surface area (Å²) in [6.07, 6.45) is 8.09. The Morgan fingerprint density at radius 1 is 0.857 bits per heavy atom. The van der Waals surface area contributed by atoms with Crippen LogP contribution in [-0.2, 0) is 6.54 Å². The average molecular weight is 377 g/mol. The number of hydrogen-bond donors (Lipinski definition) is 0. The maximum atomic E-state index is 4.62. The zero-order valence-corrected chi connectivity index (χ0v) is 16.2. The van der Waals surface area contributed by atoms with Gasteiger partial charge in [0.15, 0.2) is 0 Å². The average Bonchev–Trinajstić information content (AvgIpc) is 3.46. The molecule has 7 heteroatoms. The smallest absolute Gasteiger partial charge is 0.139 e. The van der Waals surface area contributed by atoms with Gasteiger partial charge in [-0.1, -0.05) is 0 Å². The fourth-order valence-electron chi connectivity index (χ4n) is 4.31. The maximum Gasteiger partial charge on any atom is 0.139 e. The van der Waals surface area contributed by atoms with Crippen molar-refractivity contribution < 1.29 is 0 Å². The van der Waals surface area contributed by atoms with E-state index in [0.717, 1.165) is 63.7 Å². The Hall–Kier alpha value is -2.67. The molecule has 1 aromatic carbocycles. The van der Waals surface area contributed by atoms with Crippen LogP contribution in [0.5, 0.6) is 0 Å². The molecule has 2 saturated heterocycles. The second-order valence-electron chi connectivity index (χ2n) is 7.69. The van der Waals surface area contributed by atoms with E-state index in [4.69, 9.17) is 0 Å². The summed E-state index contributed by atoms with van der Waals surface area (Å²) in [7, 11) is 0. The molecule has 2 aliphatic rings. The van der Waals surface area contributed by atoms with Crippen LogP contribution >= 0.6 is 0 Å². The Labute approximate surface area is 165 Å². The minimum atomic E-state index is 0.958. The lowest BCUT2D eigenvalue weighted by Gasteiger charge is -2.36. The fraction of sp³-hybridized carbons (Fsp3) is 0.476. The molecule has 146 valence electrons. The summed E-state index contributed by atoms with van der Waals surface area (Å²) in [5.74, 6) is 1.10. The summed E-state index contributed by atoms with van der Waals surface area (Å²) >= 11 is 0. The van der Waals surface area contributed by atoms with Crippen molar-refractivity contribution in [2.75, 3.05) is 55.6 Å². The van der Waals surface area contributed by atoms with E-state index in [1.165, 1.54) is 23.9 Å². The molecule has 0 amide bonds. The van der Waals surface area contributed by atoms with E-state index in [1.54, 1.807) is 6.33 Å². The lowest BCUT2D eigenvalue weighted by Crippen LogP contribution is -2.47. The van der Waals surface area contributed by atoms with Gasteiger partial charge in [-0.2, -0.15) is 5.10 Å². The maximum absolute atomic E-state index is 4.62. The minimum absolute atomic E-state index is 0.958. The number of aromatic nitrogens is 4. The first-order valence-corrected chi connectivity index (χ1v) is 10.3. The van der Waals surface area contributed by atoms with Crippen LogP contribution in [0.15, 0.2) is 43.0 Å². The predicted octanol–water partition coefficient (Wildman–Crippen LogP) is 2.25. The third-order valence-corrected chi connectivity index (χ3v) is 5.95. The number of fused-ring (bicyclic) bond motifs is 1. The Balaban J connectivity index is 1.28. The van der Waals surface area contributed by atoms with Gasteiger partial charge in [0, 0.05) is 69.3 Å². The molecule has 0 radical (unpaired) electrons. The second kappa shape index (κ2) is 7.75. The van der Waals surface area contributed by atoms with Gasteiger partial charge in [-0.15, -0.1) is 0 Å². The van der Waals surface area contributed by atoms with Crippen LogP contribution in [-0.4, -0.2) is 70.5 Å². The summed E-state index contributed by atoms with van der Waals surface area (Å²) in [4.78, 5) is 16.5. The molecule has 2 fully saturated rings. The summed E-state index contributed by atoms with van der Waals surface area (Å²) in [5.41, 5.74) is 2.33. The third kappa shape index (κ3) is 3.54. The van der Waals surface area contributed by atoms with Crippen molar-refractivity contribution in [3.05, 3.63) is 43.0 Å². The van der Waals surface area contributed by atoms with Crippen LogP contribution in [0.4, 0.5) is 11.5 Å². The van der Waals surface area contributed by atoms with E-state index in [2.05, 4.69) is 48.0 Å². The highest BCUT2D eigenvalue weighted by molar-refractivity contribution is 5.92. The molecule has 7 nitrogen and oxygen atoms in total. The molecule has 2 aliphatic heterocycles. The van der Waals surface area contributed by atoms with E-state index >= 15 is 0 Å². The van der Waals surface area contributed by atoms with Gasteiger partial charge in [0.1, 0.15) is 12.1 Å². The Kier molecular flexibility index (Phi) is 4.83. The molecule has 0 bridgehead atoms. The van der Waals surface area contributed by atoms with Gasteiger partial charge in [0.25, 0.3) is 0 Å². The normalized spacial score (nSPS) is 18.3. The monoisotopic (exact) mass is 377 g/mol. The molecule has 0 spiro atoms. The number of nitrogens with zero attached hydrogens (tertiary/aromatic N) is 7. The van der Waals surface area contributed by atoms with Crippen LogP contribution < -0.4 is 9.80 Å². The SMILES string of the molecule is c1cnn(CCN2CCN(c3ccc4ncnc(N5CCCC5)c4c3)CC2)c1. The largest absolute Gasteiger partial charge is 0.369 e. The first kappa shape index (κ1) is 17.4. The molecule has 2 aromatic heterocycles. The quantitative estimate of drug-likeness (QED) is 0.680. The molecular formula is C21H27N7. The van der Waals surface area contributed by atoms with Gasteiger partial charge in [-0.05, 0) is 37.1 Å². The van der Waals surface area contributed by atoms with Gasteiger partial charge in [0.2, 0.25) is 0 Å². The first-order chi connectivity index (χ1) is 13.9. The highest BCUT2D eigenvalue weighted by Crippen LogP contribution is 2.29. The topological polar surface area (TPSA) is 53.3 Å². The Morgan fingerprint density at radius 3 is 2.50 bits per heavy atom. The van der Waals surface area contributed by atoms with E-state index in [9.17, 15) is 0 Å². The molecule has 0 atom stereocenters. The number of rotatable bonds is 5. The van der Waals surface area contributed by atoms with Crippen LogP contribution in [0.2, 0.25) is 0 Å². The molecule has 0 N–H and O–H groups in total. The van der Waals surface area contributed by atoms with Crippen molar-refractivity contribution in [2.45, 2.75) is 19.4 Å². The number of piperazine rings is 1. The van der Waals surface area contributed by atoms with Gasteiger partial charge >= 0.3 is 0 Å². The van der Waals surface area contributed by atoms with E-state index < -0.39 is 0 Å². The van der Waals surface area contributed by atoms with Crippen molar-refractivity contribution in [2.24, 2.45) is 0 Å². The summed E-state index contributed by atoms with van der Waals surface area (Å²) < 4.78 is 2.01. The van der Waals surface area contributed by atoms with E-state index in [1.807, 2.05) is 23.1 Å². The van der Waals surface area contributed by atoms with Crippen molar-refractivity contribution in [1.29, 1.82) is 0 Å². The van der Waals surface area contributed by atoms with Crippen LogP contribution in [0.3, 0.4) is 0 Å². The Morgan fingerprint density at radius 2 is 1.71 bits per heavy atom. The molecule has 3 aromatic rings. The molecule has 0 unspecified atom stereocenters. The second-order valence-corrected chi connectivity index (χ2v) is 7.69. The lowest BCUT2D eigenvalue weighted by atomic mass is 10.1. The third-order valence-electron chi connectivity index (χ3n) is 5.95. The lowest BCUT2D eigenvalue weighted by molar-refractivity contribution is 0.244. The summed E-state index contributed by atoms with van der Waals surface area (Å²) in [6, 6.07) is 8.64. The molecule has 0 saturated carbocycles. The number of hydrogen-bond acceptors (Lipinski definition) is 6. The highest BCUT2D eigenvalue weighted by Gasteiger charge is 2.20. The van der Waals surface area contributed by atoms with E-state index in [-0.39, 0.29) is 0 Å². The molecule has 4 heterocycles. The van der Waals surface area contributed by atoms with Crippen molar-refractivity contribution in [3.8, 4) is 0 Å². The summed E-state index contributed by atoms with van der Waals surface area (Å²) in [6.45, 7) is 8.50. The molecule has 28 heavy (non-hydrogen) atoms. The minimum Gasteiger partial charge on any atom is -0.369 e. The van der Waals surface area contributed by atoms with Crippen molar-refractivity contribution in [3.63, 3.8) is 0 Å². The zero-order chi connectivity index (χ0) is 18.8. The molecular weight excluding hydrogens is 350 g/mol. The van der Waals surface area contributed by atoms with Crippen molar-refractivity contribution in [1.82, 2.24) is 24.6 Å². The van der Waals surface area contributed by atoms with Crippen LogP contribution in [0.1, 0.15) is 12.8 Å². The highest BCUT2D eigenvalue weighted by atomic mass is 15.3. The first-order valence-electron chi connectivity index (χ1n) is 10.3. The summed E-state index contributed by atoms with van der Waals surface area (Å²) in [5, 5.41) is 5.48. The van der Waals surface area contributed by atoms with Gasteiger partial charge < -0.3 is 9.80 Å². The van der Waals surface area contributed by atoms with Gasteiger partial charge in [0.05, 0.1) is 12.1 Å². The van der Waals surface area contributed by atoms with Gasteiger partial charge in [-0.25, -0.2) is 9.97 Å². The predicted molar refractivity (Wildman–Crippen MR) is 112 cm³/mol.